The zero-order valence-electron chi connectivity index (χ0n) is 9.73. The smallest absolute Gasteiger partial charge is 0.374 e. The minimum absolute atomic E-state index is 0.0685. The van der Waals surface area contributed by atoms with E-state index in [-0.39, 0.29) is 17.8 Å². The van der Waals surface area contributed by atoms with E-state index in [9.17, 15) is 9.59 Å². The summed E-state index contributed by atoms with van der Waals surface area (Å²) in [5.41, 5.74) is 1.11. The number of alkyl halides is 1. The number of hydrogen-bond acceptors (Lipinski definition) is 4. The summed E-state index contributed by atoms with van der Waals surface area (Å²) in [6.45, 7) is 1.93. The van der Waals surface area contributed by atoms with Crippen molar-refractivity contribution in [2.45, 2.75) is 12.3 Å². The predicted octanol–water partition coefficient (Wildman–Crippen LogP) is 2.86. The van der Waals surface area contributed by atoms with E-state index in [1.165, 1.54) is 0 Å². The van der Waals surface area contributed by atoms with Crippen LogP contribution >= 0.6 is 15.9 Å². The maximum Gasteiger partial charge on any atom is 0.374 e. The van der Waals surface area contributed by atoms with E-state index in [1.807, 2.05) is 6.07 Å². The SMILES string of the molecule is CCOC(=O)c1cc(=O)c2ccc(CBr)cc2o1. The standard InChI is InChI=1S/C13H11BrO4/c1-2-17-13(16)12-6-10(15)9-4-3-8(7-14)5-11(9)18-12/h3-6H,2,7H2,1H3. The Hall–Kier alpha value is -1.62. The molecule has 1 heterocycles. The molecule has 0 aliphatic heterocycles. The molecule has 0 amide bonds. The van der Waals surface area contributed by atoms with Crippen LogP contribution in [0.1, 0.15) is 23.0 Å². The molecule has 2 rings (SSSR count). The topological polar surface area (TPSA) is 56.5 Å². The Labute approximate surface area is 112 Å². The highest BCUT2D eigenvalue weighted by Gasteiger charge is 2.13. The Morgan fingerprint density at radius 2 is 2.17 bits per heavy atom. The lowest BCUT2D eigenvalue weighted by molar-refractivity contribution is 0.0490. The van der Waals surface area contributed by atoms with E-state index >= 15 is 0 Å². The molecule has 4 nitrogen and oxygen atoms in total. The average molecular weight is 311 g/mol. The molecule has 18 heavy (non-hydrogen) atoms. The molecule has 94 valence electrons. The molecule has 0 unspecified atom stereocenters. The molecule has 0 radical (unpaired) electrons. The van der Waals surface area contributed by atoms with Gasteiger partial charge in [0.05, 0.1) is 12.0 Å². The minimum atomic E-state index is -0.624. The first-order valence-electron chi connectivity index (χ1n) is 5.45. The van der Waals surface area contributed by atoms with Crippen molar-refractivity contribution < 1.29 is 13.9 Å². The number of rotatable bonds is 3. The second kappa shape index (κ2) is 5.35. The summed E-state index contributed by atoms with van der Waals surface area (Å²) in [5, 5.41) is 1.10. The van der Waals surface area contributed by atoms with Gasteiger partial charge >= 0.3 is 5.97 Å². The third kappa shape index (κ3) is 2.46. The van der Waals surface area contributed by atoms with Crippen LogP contribution < -0.4 is 5.43 Å². The van der Waals surface area contributed by atoms with E-state index in [0.29, 0.717) is 16.3 Å². The van der Waals surface area contributed by atoms with Gasteiger partial charge in [-0.2, -0.15) is 0 Å². The Balaban J connectivity index is 2.59. The second-order valence-corrected chi connectivity index (χ2v) is 4.22. The van der Waals surface area contributed by atoms with Crippen molar-refractivity contribution in [3.05, 3.63) is 45.8 Å². The Kier molecular flexibility index (Phi) is 3.81. The van der Waals surface area contributed by atoms with Crippen molar-refractivity contribution >= 4 is 32.9 Å². The summed E-state index contributed by atoms with van der Waals surface area (Å²) in [6.07, 6.45) is 0. The molecule has 0 atom stereocenters. The van der Waals surface area contributed by atoms with Crippen molar-refractivity contribution in [1.82, 2.24) is 0 Å². The van der Waals surface area contributed by atoms with Gasteiger partial charge in [0.2, 0.25) is 5.76 Å². The number of esters is 1. The fraction of sp³-hybridized carbons (Fsp3) is 0.231. The highest BCUT2D eigenvalue weighted by Crippen LogP contribution is 2.16. The lowest BCUT2D eigenvalue weighted by atomic mass is 10.1. The summed E-state index contributed by atoms with van der Waals surface area (Å²) >= 11 is 3.32. The maximum absolute atomic E-state index is 11.8. The normalized spacial score (nSPS) is 10.6. The number of carbonyl (C=O) groups excluding carboxylic acids is 1. The van der Waals surface area contributed by atoms with E-state index in [0.717, 1.165) is 11.6 Å². The summed E-state index contributed by atoms with van der Waals surface area (Å²) in [4.78, 5) is 23.4. The second-order valence-electron chi connectivity index (χ2n) is 3.66. The van der Waals surface area contributed by atoms with Gasteiger partial charge in [0, 0.05) is 11.4 Å². The molecule has 1 aromatic carbocycles. The van der Waals surface area contributed by atoms with Crippen LogP contribution in [-0.4, -0.2) is 12.6 Å². The third-order valence-corrected chi connectivity index (χ3v) is 3.07. The largest absolute Gasteiger partial charge is 0.460 e. The molecule has 0 bridgehead atoms. The predicted molar refractivity (Wildman–Crippen MR) is 71.1 cm³/mol. The lowest BCUT2D eigenvalue weighted by Gasteiger charge is -2.03. The number of carbonyl (C=O) groups is 1. The van der Waals surface area contributed by atoms with Crippen molar-refractivity contribution in [1.29, 1.82) is 0 Å². The summed E-state index contributed by atoms with van der Waals surface area (Å²) in [5.74, 6) is -0.693. The fourth-order valence-electron chi connectivity index (χ4n) is 1.59. The zero-order valence-corrected chi connectivity index (χ0v) is 11.3. The lowest BCUT2D eigenvalue weighted by Crippen LogP contribution is -2.10. The van der Waals surface area contributed by atoms with Gasteiger partial charge in [-0.15, -0.1) is 0 Å². The molecule has 0 aliphatic carbocycles. The Bertz CT molecular complexity index is 645. The van der Waals surface area contributed by atoms with Gasteiger partial charge in [-0.1, -0.05) is 22.0 Å². The van der Waals surface area contributed by atoms with Gasteiger partial charge in [0.1, 0.15) is 5.58 Å². The van der Waals surface area contributed by atoms with Gasteiger partial charge in [-0.25, -0.2) is 4.79 Å². The van der Waals surface area contributed by atoms with Crippen LogP contribution in [0.3, 0.4) is 0 Å². The number of fused-ring (bicyclic) bond motifs is 1. The minimum Gasteiger partial charge on any atom is -0.460 e. The van der Waals surface area contributed by atoms with Crippen molar-refractivity contribution in [2.75, 3.05) is 6.61 Å². The first kappa shape index (κ1) is 12.8. The molecule has 0 fully saturated rings. The number of benzene rings is 1. The quantitative estimate of drug-likeness (QED) is 0.646. The molecule has 0 saturated heterocycles. The first-order valence-corrected chi connectivity index (χ1v) is 6.57. The molecule has 0 spiro atoms. The van der Waals surface area contributed by atoms with Crippen molar-refractivity contribution in [2.24, 2.45) is 0 Å². The average Bonchev–Trinajstić information content (AvgIpc) is 2.38. The summed E-state index contributed by atoms with van der Waals surface area (Å²) in [7, 11) is 0. The van der Waals surface area contributed by atoms with E-state index in [4.69, 9.17) is 9.15 Å². The molecule has 0 N–H and O–H groups in total. The van der Waals surface area contributed by atoms with E-state index in [2.05, 4.69) is 15.9 Å². The van der Waals surface area contributed by atoms with E-state index < -0.39 is 5.97 Å². The Morgan fingerprint density at radius 3 is 2.83 bits per heavy atom. The first-order chi connectivity index (χ1) is 8.65. The molecular formula is C13H11BrO4. The van der Waals surface area contributed by atoms with Crippen molar-refractivity contribution in [3.8, 4) is 0 Å². The molecule has 0 saturated carbocycles. The Morgan fingerprint density at radius 1 is 1.39 bits per heavy atom. The van der Waals surface area contributed by atoms with Crippen LogP contribution in [0.15, 0.2) is 33.5 Å². The molecule has 1 aromatic heterocycles. The summed E-state index contributed by atoms with van der Waals surface area (Å²) < 4.78 is 10.2. The van der Waals surface area contributed by atoms with Crippen LogP contribution in [0.25, 0.3) is 11.0 Å². The molecule has 0 aliphatic rings. The van der Waals surface area contributed by atoms with Crippen LogP contribution in [0.5, 0.6) is 0 Å². The van der Waals surface area contributed by atoms with Gasteiger partial charge in [-0.05, 0) is 24.6 Å². The van der Waals surface area contributed by atoms with Crippen LogP contribution in [0, 0.1) is 0 Å². The van der Waals surface area contributed by atoms with Gasteiger partial charge in [0.25, 0.3) is 0 Å². The number of hydrogen-bond donors (Lipinski definition) is 0. The highest BCUT2D eigenvalue weighted by atomic mass is 79.9. The van der Waals surface area contributed by atoms with Crippen LogP contribution in [-0.2, 0) is 10.1 Å². The zero-order chi connectivity index (χ0) is 13.1. The van der Waals surface area contributed by atoms with Gasteiger partial charge in [0.15, 0.2) is 5.43 Å². The molecular weight excluding hydrogens is 300 g/mol. The van der Waals surface area contributed by atoms with Crippen LogP contribution in [0.4, 0.5) is 0 Å². The summed E-state index contributed by atoms with van der Waals surface area (Å²) in [6, 6.07) is 6.41. The monoisotopic (exact) mass is 310 g/mol. The van der Waals surface area contributed by atoms with Gasteiger partial charge < -0.3 is 9.15 Å². The number of halogens is 1. The van der Waals surface area contributed by atoms with Crippen LogP contribution in [0.2, 0.25) is 0 Å². The fourth-order valence-corrected chi connectivity index (χ4v) is 1.93. The molecule has 2 aromatic rings. The van der Waals surface area contributed by atoms with Gasteiger partial charge in [-0.3, -0.25) is 4.79 Å². The van der Waals surface area contributed by atoms with E-state index in [1.54, 1.807) is 19.1 Å². The molecule has 5 heteroatoms. The third-order valence-electron chi connectivity index (χ3n) is 2.42. The number of ether oxygens (including phenoxy) is 1. The highest BCUT2D eigenvalue weighted by molar-refractivity contribution is 9.08. The van der Waals surface area contributed by atoms with Crippen molar-refractivity contribution in [3.63, 3.8) is 0 Å². The maximum atomic E-state index is 11.8.